The lowest BCUT2D eigenvalue weighted by Gasteiger charge is -2.19. The van der Waals surface area contributed by atoms with Gasteiger partial charge in [-0.3, -0.25) is 4.99 Å². The highest BCUT2D eigenvalue weighted by atomic mass is 35.5. The lowest BCUT2D eigenvalue weighted by atomic mass is 9.98. The third kappa shape index (κ3) is 2.02. The number of hydrogen-bond acceptors (Lipinski definition) is 4. The highest BCUT2D eigenvalue weighted by molar-refractivity contribution is 6.32. The van der Waals surface area contributed by atoms with Gasteiger partial charge in [-0.25, -0.2) is 9.98 Å². The molecule has 2 N–H and O–H groups in total. The molecule has 0 aliphatic carbocycles. The van der Waals surface area contributed by atoms with Gasteiger partial charge in [-0.15, -0.1) is 0 Å². The van der Waals surface area contributed by atoms with Crippen molar-refractivity contribution >= 4 is 34.8 Å². The molecule has 0 fully saturated rings. The lowest BCUT2D eigenvalue weighted by molar-refractivity contribution is 0.415. The van der Waals surface area contributed by atoms with Crippen molar-refractivity contribution in [3.63, 3.8) is 0 Å². The first-order valence-corrected chi connectivity index (χ1v) is 8.75. The number of benzene rings is 2. The first-order valence-electron chi connectivity index (χ1n) is 8.38. The van der Waals surface area contributed by atoms with Crippen LogP contribution in [0.3, 0.4) is 0 Å². The van der Waals surface area contributed by atoms with Gasteiger partial charge in [-0.2, -0.15) is 0 Å². The van der Waals surface area contributed by atoms with Crippen LogP contribution in [0.15, 0.2) is 46.4 Å². The van der Waals surface area contributed by atoms with Gasteiger partial charge >= 0.3 is 0 Å². The zero-order valence-electron chi connectivity index (χ0n) is 14.1. The summed E-state index contributed by atoms with van der Waals surface area (Å²) in [5, 5.41) is 0.700. The molecule has 130 valence electrons. The Labute approximate surface area is 155 Å². The Kier molecular flexibility index (Phi) is 3.30. The topological polar surface area (TPSA) is 77.8 Å². The second-order valence-corrected chi connectivity index (χ2v) is 6.80. The highest BCUT2D eigenvalue weighted by Gasteiger charge is 2.40. The minimum atomic E-state index is -0.0828. The number of hydrogen-bond donors (Lipinski definition) is 1. The van der Waals surface area contributed by atoms with Crippen LogP contribution in [0.5, 0.6) is 5.75 Å². The van der Waals surface area contributed by atoms with Gasteiger partial charge in [0.2, 0.25) is 0 Å². The van der Waals surface area contributed by atoms with Gasteiger partial charge in [0.25, 0.3) is 0 Å². The Balaban J connectivity index is 1.84. The first-order chi connectivity index (χ1) is 12.7. The zero-order chi connectivity index (χ0) is 17.8. The molecule has 3 aromatic rings. The third-order valence-electron chi connectivity index (χ3n) is 5.08. The summed E-state index contributed by atoms with van der Waals surface area (Å²) in [5.41, 5.74) is 9.43. The molecule has 0 radical (unpaired) electrons. The van der Waals surface area contributed by atoms with Crippen LogP contribution in [0.1, 0.15) is 35.5 Å². The second kappa shape index (κ2) is 5.57. The molecule has 7 heteroatoms. The molecule has 0 spiro atoms. The Morgan fingerprint density at radius 2 is 2.23 bits per heavy atom. The van der Waals surface area contributed by atoms with E-state index in [1.54, 1.807) is 7.11 Å². The Hall–Kier alpha value is -2.86. The van der Waals surface area contributed by atoms with Gasteiger partial charge in [0.15, 0.2) is 5.84 Å². The van der Waals surface area contributed by atoms with Crippen LogP contribution < -0.4 is 10.5 Å². The van der Waals surface area contributed by atoms with E-state index in [0.29, 0.717) is 10.9 Å². The monoisotopic (exact) mass is 365 g/mol. The van der Waals surface area contributed by atoms with Crippen molar-refractivity contribution < 1.29 is 4.74 Å². The predicted molar refractivity (Wildman–Crippen MR) is 102 cm³/mol. The maximum atomic E-state index is 6.62. The number of aromatic nitrogens is 2. The molecule has 6 nitrogen and oxygen atoms in total. The van der Waals surface area contributed by atoms with Gasteiger partial charge in [0, 0.05) is 28.6 Å². The molecule has 2 aliphatic heterocycles. The normalized spacial score (nSPS) is 20.8. The van der Waals surface area contributed by atoms with Crippen LogP contribution in [-0.4, -0.2) is 28.8 Å². The van der Waals surface area contributed by atoms with Gasteiger partial charge in [-0.05, 0) is 18.2 Å². The molecule has 26 heavy (non-hydrogen) atoms. The molecule has 2 aliphatic rings. The van der Waals surface area contributed by atoms with E-state index in [0.717, 1.165) is 40.2 Å². The third-order valence-corrected chi connectivity index (χ3v) is 5.41. The fourth-order valence-electron chi connectivity index (χ4n) is 4.02. The van der Waals surface area contributed by atoms with E-state index in [1.165, 1.54) is 6.34 Å². The Morgan fingerprint density at radius 3 is 3.04 bits per heavy atom. The fraction of sp³-hybridized carbons (Fsp3) is 0.211. The van der Waals surface area contributed by atoms with E-state index in [-0.39, 0.29) is 12.1 Å². The maximum absolute atomic E-state index is 6.62. The average molecular weight is 366 g/mol. The van der Waals surface area contributed by atoms with Crippen molar-refractivity contribution in [1.82, 2.24) is 9.55 Å². The summed E-state index contributed by atoms with van der Waals surface area (Å²) < 4.78 is 7.64. The number of ether oxygens (including phenoxy) is 1. The standard InChI is InChI=1S/C19H16ClN5O/c1-26-10-5-6-13-15(7-10)25-16-8-14(19(25)24-13)23-18(22-9-21)11-3-2-4-12(20)17(11)16/h2-7,9,14,16H,8H2,1H3,(H2,21,22,23)/t14-,16-/m1/s1. The van der Waals surface area contributed by atoms with Crippen molar-refractivity contribution in [3.05, 3.63) is 58.4 Å². The van der Waals surface area contributed by atoms with Crippen molar-refractivity contribution in [2.24, 2.45) is 15.7 Å². The number of imidazole rings is 1. The van der Waals surface area contributed by atoms with E-state index in [1.807, 2.05) is 36.4 Å². The Bertz CT molecular complexity index is 1100. The van der Waals surface area contributed by atoms with Crippen LogP contribution in [0.4, 0.5) is 0 Å². The molecule has 0 saturated carbocycles. The Morgan fingerprint density at radius 1 is 1.35 bits per heavy atom. The van der Waals surface area contributed by atoms with Crippen LogP contribution in [-0.2, 0) is 0 Å². The molecule has 2 atom stereocenters. The molecule has 0 amide bonds. The summed E-state index contributed by atoms with van der Waals surface area (Å²) in [6, 6.07) is 11.7. The largest absolute Gasteiger partial charge is 0.497 e. The fourth-order valence-corrected chi connectivity index (χ4v) is 4.32. The number of amidine groups is 1. The molecule has 3 heterocycles. The number of fused-ring (bicyclic) bond motifs is 9. The molecule has 5 rings (SSSR count). The SMILES string of the molecule is COc1ccc2nc3n(c2c1)[C@@H]1C[C@H]3N=C(N=CN)c2cccc(Cl)c21. The van der Waals surface area contributed by atoms with Crippen molar-refractivity contribution in [2.45, 2.75) is 18.5 Å². The molecular formula is C19H16ClN5O. The summed E-state index contributed by atoms with van der Waals surface area (Å²) in [4.78, 5) is 14.0. The highest BCUT2D eigenvalue weighted by Crippen LogP contribution is 2.48. The number of methoxy groups -OCH3 is 1. The minimum Gasteiger partial charge on any atom is -0.497 e. The van der Waals surface area contributed by atoms with Crippen LogP contribution in [0, 0.1) is 0 Å². The van der Waals surface area contributed by atoms with E-state index in [2.05, 4.69) is 9.56 Å². The summed E-state index contributed by atoms with van der Waals surface area (Å²) >= 11 is 6.62. The minimum absolute atomic E-state index is 0.0463. The average Bonchev–Trinajstić information content (AvgIpc) is 3.12. The number of nitrogens with zero attached hydrogens (tertiary/aromatic N) is 4. The molecule has 2 bridgehead atoms. The van der Waals surface area contributed by atoms with Crippen molar-refractivity contribution in [2.75, 3.05) is 7.11 Å². The molecular weight excluding hydrogens is 350 g/mol. The van der Waals surface area contributed by atoms with Crippen molar-refractivity contribution in [1.29, 1.82) is 0 Å². The molecule has 1 aromatic heterocycles. The number of aliphatic imine (C=N–C) groups is 2. The number of nitrogens with two attached hydrogens (primary N) is 1. The van der Waals surface area contributed by atoms with Crippen LogP contribution in [0.25, 0.3) is 11.0 Å². The maximum Gasteiger partial charge on any atom is 0.157 e. The van der Waals surface area contributed by atoms with E-state index in [9.17, 15) is 0 Å². The van der Waals surface area contributed by atoms with Crippen LogP contribution in [0.2, 0.25) is 5.02 Å². The van der Waals surface area contributed by atoms with E-state index in [4.69, 9.17) is 32.0 Å². The number of halogens is 1. The molecule has 2 aromatic carbocycles. The summed E-state index contributed by atoms with van der Waals surface area (Å²) in [6.45, 7) is 0. The number of rotatable bonds is 1. The lowest BCUT2D eigenvalue weighted by Crippen LogP contribution is -2.13. The summed E-state index contributed by atoms with van der Waals surface area (Å²) in [5.74, 6) is 2.33. The first kappa shape index (κ1) is 15.4. The molecule has 0 saturated heterocycles. The van der Waals surface area contributed by atoms with Gasteiger partial charge in [-0.1, -0.05) is 23.7 Å². The van der Waals surface area contributed by atoms with Gasteiger partial charge < -0.3 is 15.0 Å². The quantitative estimate of drug-likeness (QED) is 0.529. The van der Waals surface area contributed by atoms with Gasteiger partial charge in [0.1, 0.15) is 17.6 Å². The molecule has 0 unspecified atom stereocenters. The van der Waals surface area contributed by atoms with E-state index < -0.39 is 0 Å². The zero-order valence-corrected chi connectivity index (χ0v) is 14.8. The van der Waals surface area contributed by atoms with Crippen LogP contribution >= 0.6 is 11.6 Å². The van der Waals surface area contributed by atoms with Gasteiger partial charge in [0.05, 0.1) is 30.5 Å². The second-order valence-electron chi connectivity index (χ2n) is 6.39. The predicted octanol–water partition coefficient (Wildman–Crippen LogP) is 3.48. The van der Waals surface area contributed by atoms with Crippen molar-refractivity contribution in [3.8, 4) is 5.75 Å². The summed E-state index contributed by atoms with van der Waals surface area (Å²) in [7, 11) is 1.67. The summed E-state index contributed by atoms with van der Waals surface area (Å²) in [6.07, 6.45) is 2.08. The smallest absolute Gasteiger partial charge is 0.157 e. The van der Waals surface area contributed by atoms with E-state index >= 15 is 0 Å².